The molecule has 0 spiro atoms. The molecule has 0 atom stereocenters. The zero-order chi connectivity index (χ0) is 15.2. The van der Waals surface area contributed by atoms with Gasteiger partial charge in [0.2, 0.25) is 0 Å². The summed E-state index contributed by atoms with van der Waals surface area (Å²) >= 11 is 5.79. The molecule has 0 fully saturated rings. The standard InChI is InChI=1S/C15H18ClFN4/c1-3-4-11-14(18-2)20-9-21-15(11)19-8-10-5-6-13(17)12(16)7-10/h5-7,9H,3-4,8H2,1-2H3,(H2,18,19,20,21). The van der Waals surface area contributed by atoms with Crippen LogP contribution in [-0.4, -0.2) is 17.0 Å². The van der Waals surface area contributed by atoms with Crippen LogP contribution < -0.4 is 10.6 Å². The first kappa shape index (κ1) is 15.5. The molecule has 0 radical (unpaired) electrons. The highest BCUT2D eigenvalue weighted by Crippen LogP contribution is 2.22. The molecule has 0 aliphatic heterocycles. The summed E-state index contributed by atoms with van der Waals surface area (Å²) in [6, 6.07) is 4.68. The van der Waals surface area contributed by atoms with Crippen LogP contribution in [0.5, 0.6) is 0 Å². The summed E-state index contributed by atoms with van der Waals surface area (Å²) in [5, 5.41) is 6.46. The van der Waals surface area contributed by atoms with E-state index in [2.05, 4.69) is 27.5 Å². The number of anilines is 2. The topological polar surface area (TPSA) is 49.8 Å². The molecule has 1 heterocycles. The number of halogens is 2. The van der Waals surface area contributed by atoms with Crippen LogP contribution in [0.2, 0.25) is 5.02 Å². The van der Waals surface area contributed by atoms with E-state index in [1.54, 1.807) is 12.1 Å². The predicted molar refractivity (Wildman–Crippen MR) is 84.3 cm³/mol. The van der Waals surface area contributed by atoms with Crippen molar-refractivity contribution in [1.29, 1.82) is 0 Å². The lowest BCUT2D eigenvalue weighted by molar-refractivity contribution is 0.627. The minimum absolute atomic E-state index is 0.127. The van der Waals surface area contributed by atoms with Crippen molar-refractivity contribution >= 4 is 23.2 Å². The van der Waals surface area contributed by atoms with Gasteiger partial charge in [0.1, 0.15) is 23.8 Å². The molecule has 2 rings (SSSR count). The molecule has 4 nitrogen and oxygen atoms in total. The molecule has 0 amide bonds. The first-order chi connectivity index (χ1) is 10.2. The minimum atomic E-state index is -0.411. The van der Waals surface area contributed by atoms with Crippen LogP contribution in [0.1, 0.15) is 24.5 Å². The van der Waals surface area contributed by atoms with Crippen LogP contribution in [-0.2, 0) is 13.0 Å². The Morgan fingerprint density at radius 2 is 2.00 bits per heavy atom. The maximum Gasteiger partial charge on any atom is 0.141 e. The number of nitrogens with one attached hydrogen (secondary N) is 2. The Kier molecular flexibility index (Phi) is 5.33. The molecule has 21 heavy (non-hydrogen) atoms. The first-order valence-corrected chi connectivity index (χ1v) is 7.23. The number of hydrogen-bond acceptors (Lipinski definition) is 4. The summed E-state index contributed by atoms with van der Waals surface area (Å²) in [6.45, 7) is 2.63. The molecule has 2 N–H and O–H groups in total. The third-order valence-electron chi connectivity index (χ3n) is 3.13. The van der Waals surface area contributed by atoms with E-state index in [0.29, 0.717) is 6.54 Å². The van der Waals surface area contributed by atoms with Gasteiger partial charge < -0.3 is 10.6 Å². The number of rotatable bonds is 6. The van der Waals surface area contributed by atoms with Gasteiger partial charge >= 0.3 is 0 Å². The van der Waals surface area contributed by atoms with Crippen LogP contribution in [0, 0.1) is 5.82 Å². The second-order valence-corrected chi connectivity index (χ2v) is 5.06. The maximum atomic E-state index is 13.1. The molecular weight excluding hydrogens is 291 g/mol. The number of hydrogen-bond donors (Lipinski definition) is 2. The van der Waals surface area contributed by atoms with Crippen molar-refractivity contribution in [2.45, 2.75) is 26.3 Å². The van der Waals surface area contributed by atoms with Crippen molar-refractivity contribution < 1.29 is 4.39 Å². The Morgan fingerprint density at radius 1 is 1.24 bits per heavy atom. The van der Waals surface area contributed by atoms with E-state index >= 15 is 0 Å². The van der Waals surface area contributed by atoms with Crippen LogP contribution in [0.25, 0.3) is 0 Å². The van der Waals surface area contributed by atoms with Gasteiger partial charge in [0, 0.05) is 19.2 Å². The third-order valence-corrected chi connectivity index (χ3v) is 3.42. The molecule has 1 aromatic heterocycles. The molecule has 0 aliphatic rings. The minimum Gasteiger partial charge on any atom is -0.373 e. The predicted octanol–water partition coefficient (Wildman–Crippen LogP) is 3.88. The zero-order valence-electron chi connectivity index (χ0n) is 12.1. The molecule has 0 saturated carbocycles. The largest absolute Gasteiger partial charge is 0.373 e. The molecule has 6 heteroatoms. The van der Waals surface area contributed by atoms with E-state index in [-0.39, 0.29) is 5.02 Å². The second-order valence-electron chi connectivity index (χ2n) is 4.65. The Balaban J connectivity index is 2.17. The van der Waals surface area contributed by atoms with Gasteiger partial charge in [-0.15, -0.1) is 0 Å². The molecular formula is C15H18ClFN4. The lowest BCUT2D eigenvalue weighted by atomic mass is 10.1. The highest BCUT2D eigenvalue weighted by Gasteiger charge is 2.10. The van der Waals surface area contributed by atoms with Crippen molar-refractivity contribution in [3.8, 4) is 0 Å². The Bertz CT molecular complexity index is 619. The van der Waals surface area contributed by atoms with Gasteiger partial charge in [0.25, 0.3) is 0 Å². The fraction of sp³-hybridized carbons (Fsp3) is 0.333. The van der Waals surface area contributed by atoms with Crippen molar-refractivity contribution in [3.63, 3.8) is 0 Å². The van der Waals surface area contributed by atoms with E-state index in [1.807, 2.05) is 7.05 Å². The summed E-state index contributed by atoms with van der Waals surface area (Å²) in [7, 11) is 1.84. The normalized spacial score (nSPS) is 10.5. The molecule has 112 valence electrons. The van der Waals surface area contributed by atoms with Gasteiger partial charge in [-0.2, -0.15) is 0 Å². The van der Waals surface area contributed by atoms with Crippen molar-refractivity contribution in [2.75, 3.05) is 17.7 Å². The van der Waals surface area contributed by atoms with Crippen LogP contribution in [0.15, 0.2) is 24.5 Å². The van der Waals surface area contributed by atoms with Gasteiger partial charge in [0.05, 0.1) is 5.02 Å². The van der Waals surface area contributed by atoms with Gasteiger partial charge in [-0.3, -0.25) is 0 Å². The fourth-order valence-corrected chi connectivity index (χ4v) is 2.31. The Morgan fingerprint density at radius 3 is 2.67 bits per heavy atom. The lowest BCUT2D eigenvalue weighted by Gasteiger charge is -2.13. The lowest BCUT2D eigenvalue weighted by Crippen LogP contribution is -2.08. The van der Waals surface area contributed by atoms with Crippen LogP contribution >= 0.6 is 11.6 Å². The number of nitrogens with zero attached hydrogens (tertiary/aromatic N) is 2. The molecule has 0 bridgehead atoms. The highest BCUT2D eigenvalue weighted by atomic mass is 35.5. The van der Waals surface area contributed by atoms with Crippen LogP contribution in [0.3, 0.4) is 0 Å². The highest BCUT2D eigenvalue weighted by molar-refractivity contribution is 6.30. The van der Waals surface area contributed by atoms with Crippen molar-refractivity contribution in [3.05, 3.63) is 46.5 Å². The molecule has 0 unspecified atom stereocenters. The van der Waals surface area contributed by atoms with Crippen LogP contribution in [0.4, 0.5) is 16.0 Å². The average Bonchev–Trinajstić information content (AvgIpc) is 2.49. The summed E-state index contributed by atoms with van der Waals surface area (Å²) in [4.78, 5) is 8.52. The zero-order valence-corrected chi connectivity index (χ0v) is 12.8. The van der Waals surface area contributed by atoms with Gasteiger partial charge in [-0.25, -0.2) is 14.4 Å². The monoisotopic (exact) mass is 308 g/mol. The Labute approximate surface area is 128 Å². The smallest absolute Gasteiger partial charge is 0.141 e. The molecule has 0 saturated heterocycles. The Hall–Kier alpha value is -1.88. The van der Waals surface area contributed by atoms with Crippen molar-refractivity contribution in [2.24, 2.45) is 0 Å². The summed E-state index contributed by atoms with van der Waals surface area (Å²) < 4.78 is 13.1. The first-order valence-electron chi connectivity index (χ1n) is 6.85. The SMILES string of the molecule is CCCc1c(NC)ncnc1NCc1ccc(F)c(Cl)c1. The summed E-state index contributed by atoms with van der Waals surface area (Å²) in [5.74, 6) is 1.20. The van der Waals surface area contributed by atoms with E-state index in [1.165, 1.54) is 12.4 Å². The quantitative estimate of drug-likeness (QED) is 0.850. The van der Waals surface area contributed by atoms with Gasteiger partial charge in [-0.05, 0) is 24.1 Å². The average molecular weight is 309 g/mol. The van der Waals surface area contributed by atoms with E-state index < -0.39 is 5.82 Å². The summed E-state index contributed by atoms with van der Waals surface area (Å²) in [6.07, 6.45) is 3.40. The summed E-state index contributed by atoms with van der Waals surface area (Å²) in [5.41, 5.74) is 1.95. The van der Waals surface area contributed by atoms with E-state index in [0.717, 1.165) is 35.6 Å². The fourth-order valence-electron chi connectivity index (χ4n) is 2.10. The maximum absolute atomic E-state index is 13.1. The molecule has 2 aromatic rings. The second kappa shape index (κ2) is 7.22. The van der Waals surface area contributed by atoms with Gasteiger partial charge in [-0.1, -0.05) is 31.0 Å². The van der Waals surface area contributed by atoms with E-state index in [9.17, 15) is 4.39 Å². The molecule has 1 aromatic carbocycles. The third kappa shape index (κ3) is 3.82. The number of aromatic nitrogens is 2. The molecule has 0 aliphatic carbocycles. The van der Waals surface area contributed by atoms with Gasteiger partial charge in [0.15, 0.2) is 0 Å². The van der Waals surface area contributed by atoms with E-state index in [4.69, 9.17) is 11.6 Å². The van der Waals surface area contributed by atoms with Crippen molar-refractivity contribution in [1.82, 2.24) is 9.97 Å². The number of benzene rings is 1.